The number of nitrogens with one attached hydrogen (secondary N) is 1. The highest BCUT2D eigenvalue weighted by Crippen LogP contribution is 1.98. The summed E-state index contributed by atoms with van der Waals surface area (Å²) in [6.45, 7) is 3.89. The molecule has 0 heterocycles. The van der Waals surface area contributed by atoms with Gasteiger partial charge in [0.1, 0.15) is 6.29 Å². The molecular weight excluding hydrogens is 224 g/mol. The van der Waals surface area contributed by atoms with Crippen LogP contribution in [0.3, 0.4) is 0 Å². The Morgan fingerprint density at radius 2 is 1.88 bits per heavy atom. The number of aldehydes is 1. The molecule has 0 saturated heterocycles. The highest BCUT2D eigenvalue weighted by atomic mass is 16.5. The van der Waals surface area contributed by atoms with E-state index in [4.69, 9.17) is 4.74 Å². The van der Waals surface area contributed by atoms with Crippen LogP contribution in [0, 0.1) is 0 Å². The summed E-state index contributed by atoms with van der Waals surface area (Å²) in [5, 5.41) is 2.29. The molecule has 0 unspecified atom stereocenters. The molecule has 3 N–H and O–H groups in total. The molecule has 0 rings (SSSR count). The predicted octanol–water partition coefficient (Wildman–Crippen LogP) is 0.983. The van der Waals surface area contributed by atoms with Gasteiger partial charge in [-0.15, -0.1) is 0 Å². The topological polar surface area (TPSA) is 98.5 Å². The first-order valence-corrected chi connectivity index (χ1v) is 5.64. The third-order valence-corrected chi connectivity index (χ3v) is 1.56. The Morgan fingerprint density at radius 3 is 2.35 bits per heavy atom. The number of hydrogen-bond acceptors (Lipinski definition) is 4. The van der Waals surface area contributed by atoms with E-state index < -0.39 is 6.09 Å². The van der Waals surface area contributed by atoms with E-state index in [1.807, 2.05) is 0 Å². The molecule has 0 aliphatic carbocycles. The number of nitrogens with two attached hydrogens (primary N) is 1. The molecule has 0 aromatic carbocycles. The lowest BCUT2D eigenvalue weighted by molar-refractivity contribution is -0.116. The van der Waals surface area contributed by atoms with Crippen molar-refractivity contribution < 1.29 is 19.1 Å². The van der Waals surface area contributed by atoms with E-state index in [2.05, 4.69) is 18.0 Å². The van der Waals surface area contributed by atoms with Crippen molar-refractivity contribution in [3.05, 3.63) is 0 Å². The molecule has 0 radical (unpaired) electrons. The molecule has 0 spiro atoms. The number of rotatable bonds is 7. The third-order valence-electron chi connectivity index (χ3n) is 1.56. The lowest BCUT2D eigenvalue weighted by atomic mass is 10.2. The first kappa shape index (κ1) is 17.8. The van der Waals surface area contributed by atoms with Gasteiger partial charge >= 0.3 is 6.09 Å². The second-order valence-electron chi connectivity index (χ2n) is 3.35. The summed E-state index contributed by atoms with van der Waals surface area (Å²) >= 11 is 0. The van der Waals surface area contributed by atoms with Crippen LogP contribution >= 0.6 is 0 Å². The molecule has 17 heavy (non-hydrogen) atoms. The third kappa shape index (κ3) is 25.1. The second-order valence-corrected chi connectivity index (χ2v) is 3.35. The number of carbonyl (C=O) groups is 3. The van der Waals surface area contributed by atoms with Gasteiger partial charge in [0.2, 0.25) is 5.91 Å². The molecule has 0 aliphatic rings. The zero-order valence-corrected chi connectivity index (χ0v) is 10.5. The molecule has 0 aliphatic heterocycles. The summed E-state index contributed by atoms with van der Waals surface area (Å²) in [6.07, 6.45) is 4.41. The van der Waals surface area contributed by atoms with Crippen LogP contribution in [0.4, 0.5) is 4.79 Å². The van der Waals surface area contributed by atoms with E-state index >= 15 is 0 Å². The lowest BCUT2D eigenvalue weighted by Gasteiger charge is -2.03. The normalized spacial score (nSPS) is 8.59. The summed E-state index contributed by atoms with van der Waals surface area (Å²) in [6, 6.07) is 0. The maximum Gasteiger partial charge on any atom is 0.407 e. The van der Waals surface area contributed by atoms with Crippen molar-refractivity contribution in [2.75, 3.05) is 13.2 Å². The van der Waals surface area contributed by atoms with Gasteiger partial charge in [0, 0.05) is 6.92 Å². The fourth-order valence-corrected chi connectivity index (χ4v) is 0.870. The van der Waals surface area contributed by atoms with Crippen molar-refractivity contribution >= 4 is 18.3 Å². The maximum atomic E-state index is 10.7. The number of carbonyl (C=O) groups excluding carboxylic acids is 3. The molecule has 100 valence electrons. The summed E-state index contributed by atoms with van der Waals surface area (Å²) in [5.74, 6) is -0.333. The van der Waals surface area contributed by atoms with Gasteiger partial charge < -0.3 is 20.6 Å². The van der Waals surface area contributed by atoms with Gasteiger partial charge in [-0.2, -0.15) is 0 Å². The molecule has 0 fully saturated rings. The van der Waals surface area contributed by atoms with Crippen LogP contribution < -0.4 is 11.1 Å². The van der Waals surface area contributed by atoms with E-state index in [1.165, 1.54) is 13.3 Å². The Hall–Kier alpha value is -1.59. The Bertz CT molecular complexity index is 216. The fraction of sp³-hybridized carbons (Fsp3) is 0.727. The summed E-state index contributed by atoms with van der Waals surface area (Å²) in [7, 11) is 0. The second kappa shape index (κ2) is 14.4. The van der Waals surface area contributed by atoms with Crippen molar-refractivity contribution in [3.63, 3.8) is 0 Å². The van der Waals surface area contributed by atoms with Crippen molar-refractivity contribution in [1.29, 1.82) is 0 Å². The fourth-order valence-electron chi connectivity index (χ4n) is 0.870. The molecule has 0 saturated carbocycles. The molecule has 2 amide bonds. The molecule has 0 aromatic rings. The Balaban J connectivity index is 0. The van der Waals surface area contributed by atoms with Gasteiger partial charge in [0.25, 0.3) is 0 Å². The number of alkyl carbamates (subject to hydrolysis) is 1. The number of primary amides is 1. The minimum absolute atomic E-state index is 0.0216. The van der Waals surface area contributed by atoms with Gasteiger partial charge in [-0.1, -0.05) is 26.2 Å². The van der Waals surface area contributed by atoms with Crippen molar-refractivity contribution in [3.8, 4) is 0 Å². The first-order valence-electron chi connectivity index (χ1n) is 5.64. The number of unbranched alkanes of at least 4 members (excludes halogenated alkanes) is 3. The van der Waals surface area contributed by atoms with Gasteiger partial charge in [-0.3, -0.25) is 4.79 Å². The molecule has 6 nitrogen and oxygen atoms in total. The van der Waals surface area contributed by atoms with Crippen LogP contribution in [0.2, 0.25) is 0 Å². The van der Waals surface area contributed by atoms with Crippen molar-refractivity contribution in [2.24, 2.45) is 5.73 Å². The number of hydrogen-bond donors (Lipinski definition) is 2. The number of amides is 2. The molecule has 0 bridgehead atoms. The lowest BCUT2D eigenvalue weighted by Crippen LogP contribution is -2.26. The zero-order valence-electron chi connectivity index (χ0n) is 10.5. The van der Waals surface area contributed by atoms with E-state index in [0.29, 0.717) is 12.9 Å². The van der Waals surface area contributed by atoms with Gasteiger partial charge in [0.05, 0.1) is 13.2 Å². The van der Waals surface area contributed by atoms with Gasteiger partial charge in [-0.25, -0.2) is 4.79 Å². The zero-order chi connectivity index (χ0) is 13.5. The summed E-state index contributed by atoms with van der Waals surface area (Å²) in [4.78, 5) is 29.8. The SMILES string of the molecule is CC(N)=O.CCCCCCOC(=O)NCC=O. The number of ether oxygens (including phenoxy) is 1. The molecule has 6 heteroatoms. The van der Waals surface area contributed by atoms with E-state index in [9.17, 15) is 14.4 Å². The van der Waals surface area contributed by atoms with E-state index in [1.54, 1.807) is 0 Å². The van der Waals surface area contributed by atoms with Crippen molar-refractivity contribution in [2.45, 2.75) is 39.5 Å². The summed E-state index contributed by atoms with van der Waals surface area (Å²) in [5.41, 5.74) is 4.47. The van der Waals surface area contributed by atoms with Crippen LogP contribution in [0.25, 0.3) is 0 Å². The van der Waals surface area contributed by atoms with Crippen LogP contribution in [0.15, 0.2) is 0 Å². The molecule has 0 aromatic heterocycles. The Kier molecular flexibility index (Phi) is 15.1. The standard InChI is InChI=1S/C9H17NO3.C2H5NO/c1-2-3-4-5-8-13-9(12)10-6-7-11;1-2(3)4/h7H,2-6,8H2,1H3,(H,10,12);1H3,(H2,3,4). The smallest absolute Gasteiger partial charge is 0.407 e. The predicted molar refractivity (Wildman–Crippen MR) is 64.4 cm³/mol. The van der Waals surface area contributed by atoms with Gasteiger partial charge in [-0.05, 0) is 6.42 Å². The molecular formula is C11H22N2O4. The van der Waals surface area contributed by atoms with E-state index in [-0.39, 0.29) is 12.5 Å². The van der Waals surface area contributed by atoms with Crippen molar-refractivity contribution in [1.82, 2.24) is 5.32 Å². The van der Waals surface area contributed by atoms with Crippen LogP contribution in [0.5, 0.6) is 0 Å². The first-order chi connectivity index (χ1) is 8.04. The highest BCUT2D eigenvalue weighted by Gasteiger charge is 1.98. The monoisotopic (exact) mass is 246 g/mol. The maximum absolute atomic E-state index is 10.7. The highest BCUT2D eigenvalue weighted by molar-refractivity contribution is 5.70. The molecule has 0 atom stereocenters. The largest absolute Gasteiger partial charge is 0.450 e. The summed E-state index contributed by atoms with van der Waals surface area (Å²) < 4.78 is 4.78. The van der Waals surface area contributed by atoms with Crippen LogP contribution in [-0.2, 0) is 14.3 Å². The quantitative estimate of drug-likeness (QED) is 0.516. The minimum atomic E-state index is -0.511. The van der Waals surface area contributed by atoms with E-state index in [0.717, 1.165) is 19.3 Å². The Morgan fingerprint density at radius 1 is 1.29 bits per heavy atom. The van der Waals surface area contributed by atoms with Gasteiger partial charge in [0.15, 0.2) is 0 Å². The average molecular weight is 246 g/mol. The van der Waals surface area contributed by atoms with Crippen LogP contribution in [0.1, 0.15) is 39.5 Å². The average Bonchev–Trinajstić information content (AvgIpc) is 2.25. The minimum Gasteiger partial charge on any atom is -0.450 e. The Labute approximate surface area is 102 Å². The van der Waals surface area contributed by atoms with Crippen LogP contribution in [-0.4, -0.2) is 31.4 Å².